The van der Waals surface area contributed by atoms with Gasteiger partial charge in [-0.25, -0.2) is 4.39 Å². The molecule has 0 radical (unpaired) electrons. The molecule has 0 fully saturated rings. The smallest absolute Gasteiger partial charge is 0.254 e. The molecule has 110 valence electrons. The molecule has 0 saturated carbocycles. The summed E-state index contributed by atoms with van der Waals surface area (Å²) in [7, 11) is 1.52. The van der Waals surface area contributed by atoms with E-state index >= 15 is 0 Å². The molecule has 3 N–H and O–H groups in total. The number of benzene rings is 1. The van der Waals surface area contributed by atoms with Crippen molar-refractivity contribution in [1.82, 2.24) is 4.90 Å². The fourth-order valence-corrected chi connectivity index (χ4v) is 1.62. The van der Waals surface area contributed by atoms with E-state index < -0.39 is 5.82 Å². The lowest BCUT2D eigenvalue weighted by atomic mass is 10.2. The molecule has 0 spiro atoms. The summed E-state index contributed by atoms with van der Waals surface area (Å²) in [6, 6.07) is 5.45. The van der Waals surface area contributed by atoms with Crippen LogP contribution in [0.15, 0.2) is 29.4 Å². The van der Waals surface area contributed by atoms with Gasteiger partial charge in [0.1, 0.15) is 11.7 Å². The second kappa shape index (κ2) is 8.11. The predicted octanol–water partition coefficient (Wildman–Crippen LogP) is 1.05. The van der Waals surface area contributed by atoms with Gasteiger partial charge in [0.15, 0.2) is 0 Å². The van der Waals surface area contributed by atoms with E-state index in [0.29, 0.717) is 13.2 Å². The molecule has 0 aliphatic carbocycles. The Morgan fingerprint density at radius 1 is 1.50 bits per heavy atom. The maximum absolute atomic E-state index is 13.1. The summed E-state index contributed by atoms with van der Waals surface area (Å²) < 4.78 is 18.1. The van der Waals surface area contributed by atoms with Crippen molar-refractivity contribution in [2.45, 2.75) is 6.42 Å². The Kier molecular flexibility index (Phi) is 6.45. The van der Waals surface area contributed by atoms with Crippen molar-refractivity contribution >= 4 is 11.7 Å². The highest BCUT2D eigenvalue weighted by Gasteiger charge is 2.16. The predicted molar refractivity (Wildman–Crippen MR) is 72.2 cm³/mol. The van der Waals surface area contributed by atoms with Crippen LogP contribution in [0.1, 0.15) is 16.8 Å². The average molecular weight is 283 g/mol. The minimum absolute atomic E-state index is 0.0273. The molecule has 0 unspecified atom stereocenters. The second-order valence-corrected chi connectivity index (χ2v) is 4.14. The van der Waals surface area contributed by atoms with Crippen LogP contribution in [0.2, 0.25) is 0 Å². The number of ether oxygens (including phenoxy) is 1. The van der Waals surface area contributed by atoms with Crippen LogP contribution >= 0.6 is 0 Å². The van der Waals surface area contributed by atoms with Crippen LogP contribution < -0.4 is 5.73 Å². The van der Waals surface area contributed by atoms with Crippen molar-refractivity contribution in [1.29, 1.82) is 0 Å². The molecule has 6 nitrogen and oxygen atoms in total. The van der Waals surface area contributed by atoms with Gasteiger partial charge in [-0.2, -0.15) is 0 Å². The number of methoxy groups -OCH3 is 1. The Morgan fingerprint density at radius 2 is 2.25 bits per heavy atom. The number of hydrogen-bond acceptors (Lipinski definition) is 4. The highest BCUT2D eigenvalue weighted by Crippen LogP contribution is 2.08. The van der Waals surface area contributed by atoms with Crippen LogP contribution in [-0.4, -0.2) is 48.7 Å². The molecule has 7 heteroatoms. The third kappa shape index (κ3) is 4.85. The molecule has 0 aliphatic rings. The summed E-state index contributed by atoms with van der Waals surface area (Å²) in [6.07, 6.45) is 0.223. The lowest BCUT2D eigenvalue weighted by Gasteiger charge is -2.22. The van der Waals surface area contributed by atoms with Crippen LogP contribution in [0.5, 0.6) is 0 Å². The van der Waals surface area contributed by atoms with Gasteiger partial charge in [0.05, 0.1) is 6.61 Å². The molecule has 1 rings (SSSR count). The van der Waals surface area contributed by atoms with Crippen molar-refractivity contribution < 1.29 is 19.1 Å². The highest BCUT2D eigenvalue weighted by molar-refractivity contribution is 5.94. The molecule has 1 aromatic rings. The average Bonchev–Trinajstić information content (AvgIpc) is 2.46. The van der Waals surface area contributed by atoms with Crippen molar-refractivity contribution in [3.8, 4) is 0 Å². The van der Waals surface area contributed by atoms with Crippen molar-refractivity contribution in [2.24, 2.45) is 10.9 Å². The van der Waals surface area contributed by atoms with E-state index in [1.165, 1.54) is 36.3 Å². The van der Waals surface area contributed by atoms with Gasteiger partial charge >= 0.3 is 0 Å². The first kappa shape index (κ1) is 15.9. The standard InChI is InChI=1S/C13H18FN3O3/c1-20-8-7-17(6-5-12(15)16-19)13(18)10-3-2-4-11(14)9-10/h2-4,9,19H,5-8H2,1H3,(H2,15,16). The lowest BCUT2D eigenvalue weighted by molar-refractivity contribution is 0.0700. The largest absolute Gasteiger partial charge is 0.409 e. The molecule has 0 heterocycles. The van der Waals surface area contributed by atoms with Crippen LogP contribution in [0, 0.1) is 5.82 Å². The zero-order valence-electron chi connectivity index (χ0n) is 11.3. The fourth-order valence-electron chi connectivity index (χ4n) is 1.62. The number of hydrogen-bond donors (Lipinski definition) is 2. The maximum Gasteiger partial charge on any atom is 0.254 e. The van der Waals surface area contributed by atoms with Crippen molar-refractivity contribution in [2.75, 3.05) is 26.8 Å². The van der Waals surface area contributed by atoms with Gasteiger partial charge in [-0.3, -0.25) is 4.79 Å². The molecule has 0 bridgehead atoms. The van der Waals surface area contributed by atoms with Gasteiger partial charge in [0.2, 0.25) is 0 Å². The summed E-state index contributed by atoms with van der Waals surface area (Å²) >= 11 is 0. The van der Waals surface area contributed by atoms with Crippen molar-refractivity contribution in [3.05, 3.63) is 35.6 Å². The molecule has 0 aromatic heterocycles. The number of carbonyl (C=O) groups is 1. The number of nitrogens with two attached hydrogens (primary N) is 1. The van der Waals surface area contributed by atoms with Crippen LogP contribution in [-0.2, 0) is 4.74 Å². The summed E-state index contributed by atoms with van der Waals surface area (Å²) in [5, 5.41) is 11.4. The first-order chi connectivity index (χ1) is 9.58. The topological polar surface area (TPSA) is 88.2 Å². The third-order valence-electron chi connectivity index (χ3n) is 2.69. The Hall–Kier alpha value is -2.15. The summed E-state index contributed by atoms with van der Waals surface area (Å²) in [5.74, 6) is -0.772. The van der Waals surface area contributed by atoms with E-state index in [-0.39, 0.29) is 30.3 Å². The quantitative estimate of drug-likeness (QED) is 0.339. The Bertz CT molecular complexity index is 480. The van der Waals surface area contributed by atoms with Gasteiger partial charge in [0, 0.05) is 32.2 Å². The van der Waals surface area contributed by atoms with E-state index in [1.807, 2.05) is 0 Å². The summed E-state index contributed by atoms with van der Waals surface area (Å²) in [6.45, 7) is 0.941. The number of amidine groups is 1. The van der Waals surface area contributed by atoms with E-state index in [1.54, 1.807) is 0 Å². The number of halogens is 1. The third-order valence-corrected chi connectivity index (χ3v) is 2.69. The second-order valence-electron chi connectivity index (χ2n) is 4.14. The first-order valence-electron chi connectivity index (χ1n) is 6.08. The Labute approximate surface area is 116 Å². The van der Waals surface area contributed by atoms with Crippen LogP contribution in [0.3, 0.4) is 0 Å². The normalized spacial score (nSPS) is 11.4. The number of amides is 1. The zero-order chi connectivity index (χ0) is 15.0. The van der Waals surface area contributed by atoms with E-state index in [9.17, 15) is 9.18 Å². The molecular formula is C13H18FN3O3. The van der Waals surface area contributed by atoms with Crippen LogP contribution in [0.25, 0.3) is 0 Å². The van der Waals surface area contributed by atoms with Gasteiger partial charge in [-0.1, -0.05) is 11.2 Å². The van der Waals surface area contributed by atoms with Crippen molar-refractivity contribution in [3.63, 3.8) is 0 Å². The number of nitrogens with zero attached hydrogens (tertiary/aromatic N) is 2. The van der Waals surface area contributed by atoms with E-state index in [0.717, 1.165) is 0 Å². The molecular weight excluding hydrogens is 265 g/mol. The van der Waals surface area contributed by atoms with Gasteiger partial charge in [-0.15, -0.1) is 0 Å². The minimum atomic E-state index is -0.473. The monoisotopic (exact) mass is 283 g/mol. The maximum atomic E-state index is 13.1. The summed E-state index contributed by atoms with van der Waals surface area (Å²) in [5.41, 5.74) is 5.63. The zero-order valence-corrected chi connectivity index (χ0v) is 11.3. The fraction of sp³-hybridized carbons (Fsp3) is 0.385. The Morgan fingerprint density at radius 3 is 2.85 bits per heavy atom. The van der Waals surface area contributed by atoms with E-state index in [2.05, 4.69) is 5.16 Å². The van der Waals surface area contributed by atoms with E-state index in [4.69, 9.17) is 15.7 Å². The summed E-state index contributed by atoms with van der Waals surface area (Å²) in [4.78, 5) is 13.7. The lowest BCUT2D eigenvalue weighted by Crippen LogP contribution is -2.36. The van der Waals surface area contributed by atoms with Gasteiger partial charge in [0.25, 0.3) is 5.91 Å². The molecule has 0 saturated heterocycles. The first-order valence-corrected chi connectivity index (χ1v) is 6.08. The number of oxime groups is 1. The molecule has 20 heavy (non-hydrogen) atoms. The van der Waals surface area contributed by atoms with Gasteiger partial charge < -0.3 is 20.6 Å². The van der Waals surface area contributed by atoms with Crippen LogP contribution in [0.4, 0.5) is 4.39 Å². The minimum Gasteiger partial charge on any atom is -0.409 e. The number of carbonyl (C=O) groups excluding carboxylic acids is 1. The molecule has 1 aromatic carbocycles. The highest BCUT2D eigenvalue weighted by atomic mass is 19.1. The molecule has 1 amide bonds. The molecule has 0 atom stereocenters. The number of rotatable bonds is 7. The molecule has 0 aliphatic heterocycles. The van der Waals surface area contributed by atoms with Gasteiger partial charge in [-0.05, 0) is 18.2 Å². The SMILES string of the molecule is COCCN(CCC(N)=NO)C(=O)c1cccc(F)c1. The Balaban J connectivity index is 2.78.